The fraction of sp³-hybridized carbons (Fsp3) is 0.136. The van der Waals surface area contributed by atoms with E-state index in [4.69, 9.17) is 16.3 Å². The van der Waals surface area contributed by atoms with Gasteiger partial charge in [0.2, 0.25) is 0 Å². The van der Waals surface area contributed by atoms with Crippen LogP contribution in [-0.4, -0.2) is 21.4 Å². The molecule has 8 heteroatoms. The number of hydrogen-bond donors (Lipinski definition) is 2. The van der Waals surface area contributed by atoms with Gasteiger partial charge in [-0.2, -0.15) is 0 Å². The second-order valence-corrected chi connectivity index (χ2v) is 8.76. The Morgan fingerprint density at radius 3 is 2.37 bits per heavy atom. The number of halogens is 1. The number of para-hydroxylation sites is 1. The van der Waals surface area contributed by atoms with Gasteiger partial charge in [-0.1, -0.05) is 29.8 Å². The second-order valence-electron chi connectivity index (χ2n) is 6.70. The number of hydrogen-bond acceptors (Lipinski definition) is 4. The maximum absolute atomic E-state index is 13.0. The molecule has 2 N–H and O–H groups in total. The molecule has 3 rings (SSSR count). The Balaban J connectivity index is 1.92. The van der Waals surface area contributed by atoms with Gasteiger partial charge in [-0.05, 0) is 67.4 Å². The van der Waals surface area contributed by atoms with Gasteiger partial charge in [-0.3, -0.25) is 9.52 Å². The largest absolute Gasteiger partial charge is 0.495 e. The number of amides is 1. The van der Waals surface area contributed by atoms with Gasteiger partial charge in [-0.15, -0.1) is 0 Å². The number of methoxy groups -OCH3 is 1. The van der Waals surface area contributed by atoms with Crippen molar-refractivity contribution in [2.24, 2.45) is 0 Å². The molecule has 0 unspecified atom stereocenters. The first-order valence-corrected chi connectivity index (χ1v) is 10.9. The fourth-order valence-electron chi connectivity index (χ4n) is 2.79. The van der Waals surface area contributed by atoms with E-state index in [-0.39, 0.29) is 27.3 Å². The topological polar surface area (TPSA) is 84.5 Å². The third kappa shape index (κ3) is 4.75. The van der Waals surface area contributed by atoms with Crippen LogP contribution in [0.1, 0.15) is 21.5 Å². The number of anilines is 2. The van der Waals surface area contributed by atoms with Gasteiger partial charge in [0.25, 0.3) is 15.9 Å². The van der Waals surface area contributed by atoms with Gasteiger partial charge in [0.1, 0.15) is 10.6 Å². The Bertz CT molecular complexity index is 1210. The van der Waals surface area contributed by atoms with E-state index in [1.165, 1.54) is 19.2 Å². The van der Waals surface area contributed by atoms with Crippen molar-refractivity contribution >= 4 is 38.9 Å². The number of ether oxygens (including phenoxy) is 1. The van der Waals surface area contributed by atoms with Gasteiger partial charge in [0.15, 0.2) is 0 Å². The first-order chi connectivity index (χ1) is 14.2. The average molecular weight is 445 g/mol. The first kappa shape index (κ1) is 21.7. The molecule has 0 saturated carbocycles. The number of aryl methyl sites for hydroxylation is 2. The van der Waals surface area contributed by atoms with Crippen molar-refractivity contribution in [3.05, 3.63) is 82.4 Å². The summed E-state index contributed by atoms with van der Waals surface area (Å²) in [6, 6.07) is 16.3. The zero-order valence-electron chi connectivity index (χ0n) is 16.7. The van der Waals surface area contributed by atoms with Gasteiger partial charge in [0.05, 0.1) is 17.8 Å². The fourth-order valence-corrected chi connectivity index (χ4v) is 4.31. The van der Waals surface area contributed by atoms with E-state index in [9.17, 15) is 13.2 Å². The molecule has 0 heterocycles. The molecule has 156 valence electrons. The molecule has 0 radical (unpaired) electrons. The average Bonchev–Trinajstić information content (AvgIpc) is 2.71. The van der Waals surface area contributed by atoms with Crippen LogP contribution in [-0.2, 0) is 10.0 Å². The van der Waals surface area contributed by atoms with Crippen LogP contribution in [0.15, 0.2) is 65.6 Å². The molecule has 0 aliphatic rings. The molecule has 0 fully saturated rings. The van der Waals surface area contributed by atoms with Crippen LogP contribution >= 0.6 is 11.6 Å². The Kier molecular flexibility index (Phi) is 6.34. The van der Waals surface area contributed by atoms with Crippen molar-refractivity contribution in [3.63, 3.8) is 0 Å². The van der Waals surface area contributed by atoms with Crippen molar-refractivity contribution in [1.82, 2.24) is 0 Å². The number of carbonyl (C=O) groups is 1. The molecule has 6 nitrogen and oxygen atoms in total. The van der Waals surface area contributed by atoms with E-state index in [2.05, 4.69) is 10.0 Å². The molecule has 0 aliphatic heterocycles. The van der Waals surface area contributed by atoms with Crippen molar-refractivity contribution in [2.75, 3.05) is 17.1 Å². The van der Waals surface area contributed by atoms with Crippen molar-refractivity contribution in [2.45, 2.75) is 18.7 Å². The lowest BCUT2D eigenvalue weighted by molar-refractivity contribution is 0.102. The summed E-state index contributed by atoms with van der Waals surface area (Å²) < 4.78 is 33.6. The summed E-state index contributed by atoms with van der Waals surface area (Å²) in [5, 5.41) is 2.99. The van der Waals surface area contributed by atoms with E-state index >= 15 is 0 Å². The van der Waals surface area contributed by atoms with Crippen LogP contribution in [0.4, 0.5) is 11.4 Å². The Labute approximate surface area is 180 Å². The highest BCUT2D eigenvalue weighted by Crippen LogP contribution is 2.31. The highest BCUT2D eigenvalue weighted by Gasteiger charge is 2.22. The lowest BCUT2D eigenvalue weighted by atomic mass is 10.1. The Morgan fingerprint density at radius 1 is 0.967 bits per heavy atom. The predicted molar refractivity (Wildman–Crippen MR) is 119 cm³/mol. The molecule has 0 spiro atoms. The highest BCUT2D eigenvalue weighted by atomic mass is 35.5. The van der Waals surface area contributed by atoms with E-state index in [0.717, 1.165) is 11.1 Å². The van der Waals surface area contributed by atoms with E-state index in [1.807, 2.05) is 19.9 Å². The summed E-state index contributed by atoms with van der Waals surface area (Å²) in [6.07, 6.45) is 0. The highest BCUT2D eigenvalue weighted by molar-refractivity contribution is 7.92. The number of nitrogens with one attached hydrogen (secondary N) is 2. The monoisotopic (exact) mass is 444 g/mol. The molecule has 0 aliphatic carbocycles. The molecular formula is C22H21ClN2O4S. The first-order valence-electron chi connectivity index (χ1n) is 9.05. The predicted octanol–water partition coefficient (Wildman–Crippen LogP) is 5.02. The molecule has 0 atom stereocenters. The van der Waals surface area contributed by atoms with Crippen LogP contribution in [0.3, 0.4) is 0 Å². The van der Waals surface area contributed by atoms with Gasteiger partial charge in [0, 0.05) is 11.3 Å². The van der Waals surface area contributed by atoms with E-state index < -0.39 is 10.0 Å². The van der Waals surface area contributed by atoms with Crippen molar-refractivity contribution < 1.29 is 17.9 Å². The van der Waals surface area contributed by atoms with Gasteiger partial charge in [-0.25, -0.2) is 8.42 Å². The minimum Gasteiger partial charge on any atom is -0.495 e. The van der Waals surface area contributed by atoms with E-state index in [1.54, 1.807) is 42.5 Å². The van der Waals surface area contributed by atoms with Crippen LogP contribution in [0.25, 0.3) is 0 Å². The van der Waals surface area contributed by atoms with Crippen molar-refractivity contribution in [1.29, 1.82) is 0 Å². The summed E-state index contributed by atoms with van der Waals surface area (Å²) in [7, 11) is -2.65. The maximum Gasteiger partial charge on any atom is 0.265 e. The van der Waals surface area contributed by atoms with E-state index in [0.29, 0.717) is 11.3 Å². The maximum atomic E-state index is 13.0. The Hall–Kier alpha value is -3.03. The standard InChI is InChI=1S/C22H21ClN2O4S/c1-14-8-9-16(12-15(14)2)22(26)24-17-10-11-20(29-3)21(13-17)30(27,28)25-19-7-5-4-6-18(19)23/h4-13,25H,1-3H3,(H,24,26). The molecule has 3 aromatic rings. The minimum atomic E-state index is -4.02. The minimum absolute atomic E-state index is 0.122. The number of benzene rings is 3. The lowest BCUT2D eigenvalue weighted by Crippen LogP contribution is -2.16. The summed E-state index contributed by atoms with van der Waals surface area (Å²) in [5.41, 5.74) is 3.11. The van der Waals surface area contributed by atoms with Crippen LogP contribution in [0.2, 0.25) is 5.02 Å². The lowest BCUT2D eigenvalue weighted by Gasteiger charge is -2.14. The SMILES string of the molecule is COc1ccc(NC(=O)c2ccc(C)c(C)c2)cc1S(=O)(=O)Nc1ccccc1Cl. The molecule has 0 aromatic heterocycles. The molecule has 0 saturated heterocycles. The van der Waals surface area contributed by atoms with Crippen LogP contribution in [0.5, 0.6) is 5.75 Å². The molecule has 0 bridgehead atoms. The van der Waals surface area contributed by atoms with Crippen molar-refractivity contribution in [3.8, 4) is 5.75 Å². The molecular weight excluding hydrogens is 424 g/mol. The second kappa shape index (κ2) is 8.77. The smallest absolute Gasteiger partial charge is 0.265 e. The zero-order chi connectivity index (χ0) is 21.9. The van der Waals surface area contributed by atoms with Crippen LogP contribution < -0.4 is 14.8 Å². The summed E-state index contributed by atoms with van der Waals surface area (Å²) in [6.45, 7) is 3.88. The molecule has 30 heavy (non-hydrogen) atoms. The number of rotatable bonds is 6. The summed E-state index contributed by atoms with van der Waals surface area (Å²) in [4.78, 5) is 12.5. The summed E-state index contributed by atoms with van der Waals surface area (Å²) in [5.74, 6) is -0.204. The Morgan fingerprint density at radius 2 is 1.70 bits per heavy atom. The third-order valence-corrected chi connectivity index (χ3v) is 6.31. The third-order valence-electron chi connectivity index (χ3n) is 4.60. The van der Waals surface area contributed by atoms with Crippen LogP contribution in [0, 0.1) is 13.8 Å². The molecule has 1 amide bonds. The number of sulfonamides is 1. The molecule has 3 aromatic carbocycles. The normalized spacial score (nSPS) is 11.1. The zero-order valence-corrected chi connectivity index (χ0v) is 18.3. The van der Waals surface area contributed by atoms with Gasteiger partial charge < -0.3 is 10.1 Å². The number of carbonyl (C=O) groups excluding carboxylic acids is 1. The summed E-state index contributed by atoms with van der Waals surface area (Å²) >= 11 is 6.07. The van der Waals surface area contributed by atoms with Gasteiger partial charge >= 0.3 is 0 Å². The quantitative estimate of drug-likeness (QED) is 0.559.